The summed E-state index contributed by atoms with van der Waals surface area (Å²) in [6.07, 6.45) is 1.90. The van der Waals surface area contributed by atoms with Gasteiger partial charge in [0.2, 0.25) is 0 Å². The standard InChI is InChI=1S/C14H23NO2/c1-2-3-9-15-10-14(16)12-17-11-13-7-5-4-6-8-13/h4-8,14-16H,2-3,9-12H2,1H3. The fourth-order valence-electron chi connectivity index (χ4n) is 1.52. The Morgan fingerprint density at radius 1 is 1.29 bits per heavy atom. The lowest BCUT2D eigenvalue weighted by Crippen LogP contribution is -2.30. The van der Waals surface area contributed by atoms with E-state index in [0.29, 0.717) is 19.8 Å². The molecule has 0 aliphatic carbocycles. The number of benzene rings is 1. The molecule has 2 N–H and O–H groups in total. The third-order valence-electron chi connectivity index (χ3n) is 2.51. The van der Waals surface area contributed by atoms with Crippen LogP contribution in [0.3, 0.4) is 0 Å². The van der Waals surface area contributed by atoms with Crippen molar-refractivity contribution in [2.24, 2.45) is 0 Å². The Kier molecular flexibility index (Phi) is 7.63. The molecule has 1 rings (SSSR count). The van der Waals surface area contributed by atoms with Crippen LogP contribution in [0, 0.1) is 0 Å². The van der Waals surface area contributed by atoms with Crippen molar-refractivity contribution in [2.75, 3.05) is 19.7 Å². The van der Waals surface area contributed by atoms with Crippen molar-refractivity contribution < 1.29 is 9.84 Å². The van der Waals surface area contributed by atoms with E-state index in [1.807, 2.05) is 30.3 Å². The largest absolute Gasteiger partial charge is 0.389 e. The zero-order chi connectivity index (χ0) is 12.3. The maximum Gasteiger partial charge on any atom is 0.0897 e. The van der Waals surface area contributed by atoms with Crippen molar-refractivity contribution in [3.05, 3.63) is 35.9 Å². The predicted octanol–water partition coefficient (Wildman–Crippen LogP) is 1.95. The molecule has 0 amide bonds. The fraction of sp³-hybridized carbons (Fsp3) is 0.571. The van der Waals surface area contributed by atoms with Gasteiger partial charge in [-0.1, -0.05) is 43.7 Å². The number of hydrogen-bond donors (Lipinski definition) is 2. The average Bonchev–Trinajstić information content (AvgIpc) is 2.36. The van der Waals surface area contributed by atoms with Crippen LogP contribution < -0.4 is 5.32 Å². The molecule has 3 nitrogen and oxygen atoms in total. The summed E-state index contributed by atoms with van der Waals surface area (Å²) in [4.78, 5) is 0. The lowest BCUT2D eigenvalue weighted by molar-refractivity contribution is 0.0289. The molecule has 0 aliphatic heterocycles. The first kappa shape index (κ1) is 14.2. The van der Waals surface area contributed by atoms with Gasteiger partial charge in [0.15, 0.2) is 0 Å². The van der Waals surface area contributed by atoms with Gasteiger partial charge in [0.1, 0.15) is 0 Å². The smallest absolute Gasteiger partial charge is 0.0897 e. The van der Waals surface area contributed by atoms with E-state index in [1.54, 1.807) is 0 Å². The van der Waals surface area contributed by atoms with Gasteiger partial charge in [-0.05, 0) is 18.5 Å². The number of aliphatic hydroxyl groups excluding tert-OH is 1. The zero-order valence-electron chi connectivity index (χ0n) is 10.6. The summed E-state index contributed by atoms with van der Waals surface area (Å²) in [6, 6.07) is 10.00. The van der Waals surface area contributed by atoms with Crippen molar-refractivity contribution in [1.29, 1.82) is 0 Å². The molecule has 1 aromatic carbocycles. The molecular formula is C14H23NO2. The first-order chi connectivity index (χ1) is 8.33. The second-order valence-electron chi connectivity index (χ2n) is 4.21. The highest BCUT2D eigenvalue weighted by Crippen LogP contribution is 2.00. The third-order valence-corrected chi connectivity index (χ3v) is 2.51. The molecule has 0 aromatic heterocycles. The highest BCUT2D eigenvalue weighted by Gasteiger charge is 2.03. The van der Waals surface area contributed by atoms with Gasteiger partial charge in [-0.15, -0.1) is 0 Å². The first-order valence-electron chi connectivity index (χ1n) is 6.33. The highest BCUT2D eigenvalue weighted by atomic mass is 16.5. The average molecular weight is 237 g/mol. The second-order valence-corrected chi connectivity index (χ2v) is 4.21. The first-order valence-corrected chi connectivity index (χ1v) is 6.33. The van der Waals surface area contributed by atoms with Crippen LogP contribution in [0.25, 0.3) is 0 Å². The Morgan fingerprint density at radius 2 is 2.06 bits per heavy atom. The molecule has 0 bridgehead atoms. The fourth-order valence-corrected chi connectivity index (χ4v) is 1.52. The van der Waals surface area contributed by atoms with Gasteiger partial charge in [-0.25, -0.2) is 0 Å². The van der Waals surface area contributed by atoms with Crippen LogP contribution in [0.4, 0.5) is 0 Å². The molecule has 0 fully saturated rings. The number of hydrogen-bond acceptors (Lipinski definition) is 3. The van der Waals surface area contributed by atoms with Crippen LogP contribution in [0.2, 0.25) is 0 Å². The van der Waals surface area contributed by atoms with Crippen LogP contribution in [0.1, 0.15) is 25.3 Å². The molecule has 0 aliphatic rings. The van der Waals surface area contributed by atoms with Gasteiger partial charge < -0.3 is 15.2 Å². The molecule has 1 unspecified atom stereocenters. The molecule has 17 heavy (non-hydrogen) atoms. The summed E-state index contributed by atoms with van der Waals surface area (Å²) < 4.78 is 5.45. The van der Waals surface area contributed by atoms with Crippen LogP contribution in [0.15, 0.2) is 30.3 Å². The maximum atomic E-state index is 9.64. The lowest BCUT2D eigenvalue weighted by Gasteiger charge is -2.12. The Labute approximate surface area is 104 Å². The molecule has 1 atom stereocenters. The van der Waals surface area contributed by atoms with E-state index < -0.39 is 6.10 Å². The Hall–Kier alpha value is -0.900. The Bertz CT molecular complexity index is 277. The van der Waals surface area contributed by atoms with E-state index >= 15 is 0 Å². The summed E-state index contributed by atoms with van der Waals surface area (Å²) in [7, 11) is 0. The summed E-state index contributed by atoms with van der Waals surface area (Å²) in [6.45, 7) is 4.67. The topological polar surface area (TPSA) is 41.5 Å². The monoisotopic (exact) mass is 237 g/mol. The minimum atomic E-state index is -0.421. The van der Waals surface area contributed by atoms with Gasteiger partial charge in [-0.2, -0.15) is 0 Å². The van der Waals surface area contributed by atoms with Crippen LogP contribution in [0.5, 0.6) is 0 Å². The number of aliphatic hydroxyl groups is 1. The SMILES string of the molecule is CCCCNCC(O)COCc1ccccc1. The highest BCUT2D eigenvalue weighted by molar-refractivity contribution is 5.13. The van der Waals surface area contributed by atoms with E-state index in [4.69, 9.17) is 4.74 Å². The lowest BCUT2D eigenvalue weighted by atomic mass is 10.2. The van der Waals surface area contributed by atoms with Crippen LogP contribution in [-0.2, 0) is 11.3 Å². The molecule has 0 heterocycles. The van der Waals surface area contributed by atoms with E-state index in [0.717, 1.165) is 18.5 Å². The summed E-state index contributed by atoms with van der Waals surface area (Å²) >= 11 is 0. The second kappa shape index (κ2) is 9.16. The van der Waals surface area contributed by atoms with E-state index in [-0.39, 0.29) is 0 Å². The van der Waals surface area contributed by atoms with Gasteiger partial charge in [0, 0.05) is 6.54 Å². The van der Waals surface area contributed by atoms with Gasteiger partial charge >= 0.3 is 0 Å². The van der Waals surface area contributed by atoms with Crippen LogP contribution in [-0.4, -0.2) is 30.9 Å². The van der Waals surface area contributed by atoms with Crippen molar-refractivity contribution in [3.8, 4) is 0 Å². The number of unbranched alkanes of at least 4 members (excludes halogenated alkanes) is 1. The molecule has 0 saturated heterocycles. The minimum Gasteiger partial charge on any atom is -0.389 e. The molecule has 0 radical (unpaired) electrons. The number of nitrogens with one attached hydrogen (secondary N) is 1. The van der Waals surface area contributed by atoms with Crippen molar-refractivity contribution in [2.45, 2.75) is 32.5 Å². The summed E-state index contributed by atoms with van der Waals surface area (Å²) in [5.74, 6) is 0. The van der Waals surface area contributed by atoms with Crippen molar-refractivity contribution >= 4 is 0 Å². The Morgan fingerprint density at radius 3 is 2.76 bits per heavy atom. The maximum absolute atomic E-state index is 9.64. The molecular weight excluding hydrogens is 214 g/mol. The van der Waals surface area contributed by atoms with E-state index in [2.05, 4.69) is 12.2 Å². The predicted molar refractivity (Wildman–Crippen MR) is 69.9 cm³/mol. The van der Waals surface area contributed by atoms with Gasteiger partial charge in [-0.3, -0.25) is 0 Å². The van der Waals surface area contributed by atoms with Gasteiger partial charge in [0.25, 0.3) is 0 Å². The quantitative estimate of drug-likeness (QED) is 0.645. The molecule has 0 spiro atoms. The Balaban J connectivity index is 2.02. The third kappa shape index (κ3) is 7.10. The molecule has 3 heteroatoms. The van der Waals surface area contributed by atoms with Gasteiger partial charge in [0.05, 0.1) is 19.3 Å². The van der Waals surface area contributed by atoms with Crippen molar-refractivity contribution in [3.63, 3.8) is 0 Å². The molecule has 96 valence electrons. The number of rotatable bonds is 9. The zero-order valence-corrected chi connectivity index (χ0v) is 10.6. The van der Waals surface area contributed by atoms with Crippen molar-refractivity contribution in [1.82, 2.24) is 5.32 Å². The normalized spacial score (nSPS) is 12.6. The van der Waals surface area contributed by atoms with E-state index in [1.165, 1.54) is 6.42 Å². The van der Waals surface area contributed by atoms with E-state index in [9.17, 15) is 5.11 Å². The number of ether oxygens (including phenoxy) is 1. The van der Waals surface area contributed by atoms with Crippen LogP contribution >= 0.6 is 0 Å². The molecule has 0 saturated carbocycles. The summed E-state index contributed by atoms with van der Waals surface area (Å²) in [5.41, 5.74) is 1.14. The summed E-state index contributed by atoms with van der Waals surface area (Å²) in [5, 5.41) is 12.8. The minimum absolute atomic E-state index is 0.383. The molecule has 1 aromatic rings.